The van der Waals surface area contributed by atoms with Crippen LogP contribution in [0.15, 0.2) is 24.3 Å². The molecule has 0 radical (unpaired) electrons. The third kappa shape index (κ3) is 2.55. The lowest BCUT2D eigenvalue weighted by Crippen LogP contribution is -2.34. The predicted molar refractivity (Wildman–Crippen MR) is 77.3 cm³/mol. The summed E-state index contributed by atoms with van der Waals surface area (Å²) in [6, 6.07) is 7.73. The third-order valence-corrected chi connectivity index (χ3v) is 3.67. The Morgan fingerprint density at radius 2 is 2.00 bits per heavy atom. The molecule has 5 nitrogen and oxygen atoms in total. The van der Waals surface area contributed by atoms with E-state index in [4.69, 9.17) is 0 Å². The van der Waals surface area contributed by atoms with Crippen LogP contribution >= 0.6 is 0 Å². The van der Waals surface area contributed by atoms with E-state index in [9.17, 15) is 15.0 Å². The van der Waals surface area contributed by atoms with Gasteiger partial charge in [0.2, 0.25) is 5.91 Å². The fourth-order valence-corrected chi connectivity index (χ4v) is 2.48. The summed E-state index contributed by atoms with van der Waals surface area (Å²) >= 11 is 0. The lowest BCUT2D eigenvalue weighted by molar-refractivity contribution is -0.119. The molecular weight excluding hydrogens is 256 g/mol. The van der Waals surface area contributed by atoms with Crippen LogP contribution in [-0.4, -0.2) is 33.3 Å². The number of aliphatic hydroxyl groups excluding tert-OH is 2. The molecule has 0 spiro atoms. The largest absolute Gasteiger partial charge is 0.388 e. The number of aryl methyl sites for hydroxylation is 1. The molecule has 108 valence electrons. The Labute approximate surface area is 117 Å². The highest BCUT2D eigenvalue weighted by atomic mass is 16.3. The Morgan fingerprint density at radius 1 is 1.35 bits per heavy atom. The monoisotopic (exact) mass is 276 g/mol. The number of para-hydroxylation sites is 1. The standard InChI is InChI=1S/C15H20N2O3/c1-9-14(15(20)13(19)8-16-10(2)18)11-6-4-5-7-12(11)17(9)3/h4-7,13,15,19-20H,8H2,1-3H3,(H,16,18). The van der Waals surface area contributed by atoms with Crippen LogP contribution in [0.1, 0.15) is 24.3 Å². The Hall–Kier alpha value is -1.85. The summed E-state index contributed by atoms with van der Waals surface area (Å²) in [5, 5.41) is 23.9. The number of benzene rings is 1. The summed E-state index contributed by atoms with van der Waals surface area (Å²) in [5.74, 6) is -0.231. The maximum absolute atomic E-state index is 10.9. The highest BCUT2D eigenvalue weighted by Crippen LogP contribution is 2.31. The number of aromatic nitrogens is 1. The maximum atomic E-state index is 10.9. The molecule has 0 aliphatic rings. The summed E-state index contributed by atoms with van der Waals surface area (Å²) in [6.07, 6.45) is -2.07. The second-order valence-corrected chi connectivity index (χ2v) is 5.02. The molecule has 1 amide bonds. The third-order valence-electron chi connectivity index (χ3n) is 3.67. The summed E-state index contributed by atoms with van der Waals surface area (Å²) < 4.78 is 1.99. The van der Waals surface area contributed by atoms with Gasteiger partial charge in [0.05, 0.1) is 0 Å². The van der Waals surface area contributed by atoms with Crippen molar-refractivity contribution in [1.82, 2.24) is 9.88 Å². The molecule has 0 aliphatic heterocycles. The number of nitrogens with zero attached hydrogens (tertiary/aromatic N) is 1. The van der Waals surface area contributed by atoms with Crippen molar-refractivity contribution in [2.75, 3.05) is 6.54 Å². The lowest BCUT2D eigenvalue weighted by atomic mass is 10.0. The number of aliphatic hydroxyl groups is 2. The van der Waals surface area contributed by atoms with Gasteiger partial charge in [-0.2, -0.15) is 0 Å². The minimum absolute atomic E-state index is 0.0269. The van der Waals surface area contributed by atoms with Crippen molar-refractivity contribution in [2.45, 2.75) is 26.1 Å². The van der Waals surface area contributed by atoms with Crippen LogP contribution in [0, 0.1) is 6.92 Å². The average Bonchev–Trinajstić information content (AvgIpc) is 2.68. The van der Waals surface area contributed by atoms with Crippen LogP contribution < -0.4 is 5.32 Å². The summed E-state index contributed by atoms with van der Waals surface area (Å²) in [7, 11) is 1.92. The molecule has 1 heterocycles. The first-order valence-corrected chi connectivity index (χ1v) is 6.58. The highest BCUT2D eigenvalue weighted by molar-refractivity contribution is 5.86. The molecule has 0 fully saturated rings. The first-order chi connectivity index (χ1) is 9.43. The van der Waals surface area contributed by atoms with Gasteiger partial charge in [0, 0.05) is 42.7 Å². The molecule has 1 aromatic carbocycles. The number of carbonyl (C=O) groups is 1. The fourth-order valence-electron chi connectivity index (χ4n) is 2.48. The second-order valence-electron chi connectivity index (χ2n) is 5.02. The SMILES string of the molecule is CC(=O)NCC(O)C(O)c1c(C)n(C)c2ccccc12. The van der Waals surface area contributed by atoms with Crippen LogP contribution in [0.3, 0.4) is 0 Å². The number of fused-ring (bicyclic) bond motifs is 1. The highest BCUT2D eigenvalue weighted by Gasteiger charge is 2.24. The summed E-state index contributed by atoms with van der Waals surface area (Å²) in [4.78, 5) is 10.9. The van der Waals surface area contributed by atoms with Gasteiger partial charge in [-0.3, -0.25) is 4.79 Å². The molecule has 2 rings (SSSR count). The second kappa shape index (κ2) is 5.64. The Morgan fingerprint density at radius 3 is 2.65 bits per heavy atom. The van der Waals surface area contributed by atoms with Crippen molar-refractivity contribution in [3.8, 4) is 0 Å². The molecule has 0 aliphatic carbocycles. The zero-order chi connectivity index (χ0) is 14.9. The van der Waals surface area contributed by atoms with E-state index >= 15 is 0 Å². The predicted octanol–water partition coefficient (Wildman–Crippen LogP) is 1.02. The van der Waals surface area contributed by atoms with Crippen molar-refractivity contribution in [2.24, 2.45) is 7.05 Å². The topological polar surface area (TPSA) is 74.5 Å². The molecule has 5 heteroatoms. The quantitative estimate of drug-likeness (QED) is 0.780. The molecule has 3 N–H and O–H groups in total. The van der Waals surface area contributed by atoms with Gasteiger partial charge < -0.3 is 20.1 Å². The molecular formula is C15H20N2O3. The number of hydrogen-bond donors (Lipinski definition) is 3. The molecule has 0 saturated carbocycles. The van der Waals surface area contributed by atoms with E-state index in [1.165, 1.54) is 6.92 Å². The summed E-state index contributed by atoms with van der Waals surface area (Å²) in [5.41, 5.74) is 2.62. The van der Waals surface area contributed by atoms with Crippen LogP contribution in [0.5, 0.6) is 0 Å². The van der Waals surface area contributed by atoms with Crippen molar-refractivity contribution >= 4 is 16.8 Å². The molecule has 1 aromatic heterocycles. The van der Waals surface area contributed by atoms with Gasteiger partial charge in [0.25, 0.3) is 0 Å². The van der Waals surface area contributed by atoms with E-state index in [0.717, 1.165) is 16.6 Å². The summed E-state index contributed by atoms with van der Waals surface area (Å²) in [6.45, 7) is 3.31. The molecule has 20 heavy (non-hydrogen) atoms. The van der Waals surface area contributed by atoms with Crippen molar-refractivity contribution in [1.29, 1.82) is 0 Å². The van der Waals surface area contributed by atoms with Crippen molar-refractivity contribution < 1.29 is 15.0 Å². The first kappa shape index (κ1) is 14.6. The Balaban J connectivity index is 2.37. The molecule has 2 aromatic rings. The Bertz CT molecular complexity index is 633. The van der Waals surface area contributed by atoms with E-state index in [0.29, 0.717) is 5.56 Å². The Kier molecular flexibility index (Phi) is 4.11. The van der Waals surface area contributed by atoms with Crippen LogP contribution in [-0.2, 0) is 11.8 Å². The van der Waals surface area contributed by atoms with Gasteiger partial charge in [-0.1, -0.05) is 18.2 Å². The first-order valence-electron chi connectivity index (χ1n) is 6.58. The minimum atomic E-state index is -1.04. The maximum Gasteiger partial charge on any atom is 0.216 e. The number of nitrogens with one attached hydrogen (secondary N) is 1. The van der Waals surface area contributed by atoms with Crippen molar-refractivity contribution in [3.63, 3.8) is 0 Å². The smallest absolute Gasteiger partial charge is 0.216 e. The van der Waals surface area contributed by atoms with E-state index in [1.54, 1.807) is 0 Å². The number of hydrogen-bond acceptors (Lipinski definition) is 3. The zero-order valence-electron chi connectivity index (χ0n) is 11.9. The van der Waals surface area contributed by atoms with E-state index < -0.39 is 12.2 Å². The molecule has 2 atom stereocenters. The average molecular weight is 276 g/mol. The van der Waals surface area contributed by atoms with Crippen molar-refractivity contribution in [3.05, 3.63) is 35.5 Å². The van der Waals surface area contributed by atoms with Gasteiger partial charge in [0.15, 0.2) is 0 Å². The van der Waals surface area contributed by atoms with Gasteiger partial charge in [0.1, 0.15) is 12.2 Å². The van der Waals surface area contributed by atoms with Gasteiger partial charge in [-0.25, -0.2) is 0 Å². The normalized spacial score (nSPS) is 14.2. The minimum Gasteiger partial charge on any atom is -0.388 e. The number of rotatable bonds is 4. The van der Waals surface area contributed by atoms with E-state index in [2.05, 4.69) is 5.32 Å². The van der Waals surface area contributed by atoms with E-state index in [-0.39, 0.29) is 12.5 Å². The molecule has 0 saturated heterocycles. The number of amides is 1. The van der Waals surface area contributed by atoms with Crippen LogP contribution in [0.25, 0.3) is 10.9 Å². The van der Waals surface area contributed by atoms with Gasteiger partial charge >= 0.3 is 0 Å². The molecule has 2 unspecified atom stereocenters. The van der Waals surface area contributed by atoms with Gasteiger partial charge in [-0.15, -0.1) is 0 Å². The van der Waals surface area contributed by atoms with E-state index in [1.807, 2.05) is 42.8 Å². The molecule has 0 bridgehead atoms. The van der Waals surface area contributed by atoms with Gasteiger partial charge in [-0.05, 0) is 13.0 Å². The lowest BCUT2D eigenvalue weighted by Gasteiger charge is -2.19. The van der Waals surface area contributed by atoms with Crippen LogP contribution in [0.4, 0.5) is 0 Å². The fraction of sp³-hybridized carbons (Fsp3) is 0.400. The van der Waals surface area contributed by atoms with Crippen LogP contribution in [0.2, 0.25) is 0 Å². The number of carbonyl (C=O) groups excluding carboxylic acids is 1. The zero-order valence-corrected chi connectivity index (χ0v) is 11.9.